The number of oxazole rings is 1. The monoisotopic (exact) mass is 261 g/mol. The van der Waals surface area contributed by atoms with Crippen molar-refractivity contribution < 1.29 is 9.21 Å². The van der Waals surface area contributed by atoms with Gasteiger partial charge in [0.1, 0.15) is 5.52 Å². The SMILES string of the molecule is CC(N)C(=O)NCC(C)(C)c1ccc2ncoc2c1. The molecule has 1 unspecified atom stereocenters. The Hall–Kier alpha value is -1.88. The molecule has 0 radical (unpaired) electrons. The van der Waals surface area contributed by atoms with Gasteiger partial charge >= 0.3 is 0 Å². The lowest BCUT2D eigenvalue weighted by Crippen LogP contribution is -2.43. The standard InChI is InChI=1S/C14H19N3O2/c1-9(15)13(18)16-7-14(2,3)10-4-5-11-12(6-10)19-8-17-11/h4-6,8-9H,7,15H2,1-3H3,(H,16,18). The van der Waals surface area contributed by atoms with Crippen LogP contribution in [-0.4, -0.2) is 23.5 Å². The molecule has 1 heterocycles. The van der Waals surface area contributed by atoms with Crippen molar-refractivity contribution >= 4 is 17.0 Å². The van der Waals surface area contributed by atoms with Crippen LogP contribution < -0.4 is 11.1 Å². The summed E-state index contributed by atoms with van der Waals surface area (Å²) in [5, 5.41) is 2.85. The number of amides is 1. The van der Waals surface area contributed by atoms with Gasteiger partial charge in [0.05, 0.1) is 6.04 Å². The molecule has 2 rings (SSSR count). The smallest absolute Gasteiger partial charge is 0.236 e. The summed E-state index contributed by atoms with van der Waals surface area (Å²) in [6, 6.07) is 5.39. The second-order valence-electron chi connectivity index (χ2n) is 5.43. The minimum atomic E-state index is -0.493. The van der Waals surface area contributed by atoms with E-state index < -0.39 is 6.04 Å². The van der Waals surface area contributed by atoms with Crippen molar-refractivity contribution in [2.45, 2.75) is 32.2 Å². The fourth-order valence-electron chi connectivity index (χ4n) is 1.85. The summed E-state index contributed by atoms with van der Waals surface area (Å²) < 4.78 is 5.30. The zero-order valence-corrected chi connectivity index (χ0v) is 11.4. The Morgan fingerprint density at radius 3 is 2.95 bits per heavy atom. The minimum Gasteiger partial charge on any atom is -0.443 e. The van der Waals surface area contributed by atoms with Crippen molar-refractivity contribution in [2.75, 3.05) is 6.54 Å². The van der Waals surface area contributed by atoms with Gasteiger partial charge in [0.2, 0.25) is 5.91 Å². The van der Waals surface area contributed by atoms with Crippen molar-refractivity contribution in [1.29, 1.82) is 0 Å². The molecule has 0 aliphatic rings. The molecule has 0 fully saturated rings. The molecule has 1 aromatic carbocycles. The van der Waals surface area contributed by atoms with Gasteiger partial charge in [-0.25, -0.2) is 4.98 Å². The average Bonchev–Trinajstić information content (AvgIpc) is 2.82. The highest BCUT2D eigenvalue weighted by Crippen LogP contribution is 2.25. The normalized spacial score (nSPS) is 13.5. The summed E-state index contributed by atoms with van der Waals surface area (Å²) in [7, 11) is 0. The molecule has 19 heavy (non-hydrogen) atoms. The summed E-state index contributed by atoms with van der Waals surface area (Å²) in [5.41, 5.74) is 8.00. The van der Waals surface area contributed by atoms with Crippen LogP contribution in [0.1, 0.15) is 26.3 Å². The topological polar surface area (TPSA) is 81.2 Å². The summed E-state index contributed by atoms with van der Waals surface area (Å²) in [6.45, 7) is 6.31. The first-order chi connectivity index (χ1) is 8.90. The number of nitrogens with one attached hydrogen (secondary N) is 1. The molecule has 5 heteroatoms. The first-order valence-corrected chi connectivity index (χ1v) is 6.27. The van der Waals surface area contributed by atoms with Crippen LogP contribution in [0.3, 0.4) is 0 Å². The van der Waals surface area contributed by atoms with Crippen molar-refractivity contribution in [3.05, 3.63) is 30.2 Å². The van der Waals surface area contributed by atoms with E-state index in [1.54, 1.807) is 6.92 Å². The van der Waals surface area contributed by atoms with Crippen molar-refractivity contribution in [1.82, 2.24) is 10.3 Å². The molecule has 0 aliphatic carbocycles. The molecule has 5 nitrogen and oxygen atoms in total. The van der Waals surface area contributed by atoms with E-state index in [4.69, 9.17) is 10.2 Å². The highest BCUT2D eigenvalue weighted by Gasteiger charge is 2.23. The van der Waals surface area contributed by atoms with Gasteiger partial charge in [0.25, 0.3) is 0 Å². The Morgan fingerprint density at radius 2 is 2.26 bits per heavy atom. The Labute approximate surface area is 112 Å². The Morgan fingerprint density at radius 1 is 1.53 bits per heavy atom. The first-order valence-electron chi connectivity index (χ1n) is 6.27. The van der Waals surface area contributed by atoms with Crippen molar-refractivity contribution in [3.8, 4) is 0 Å². The molecule has 0 spiro atoms. The van der Waals surface area contributed by atoms with E-state index in [1.165, 1.54) is 6.39 Å². The second-order valence-corrected chi connectivity index (χ2v) is 5.43. The van der Waals surface area contributed by atoms with E-state index >= 15 is 0 Å². The average molecular weight is 261 g/mol. The summed E-state index contributed by atoms with van der Waals surface area (Å²) in [4.78, 5) is 15.6. The first kappa shape index (κ1) is 13.5. The van der Waals surface area contributed by atoms with Crippen LogP contribution >= 0.6 is 0 Å². The van der Waals surface area contributed by atoms with E-state index in [9.17, 15) is 4.79 Å². The highest BCUT2D eigenvalue weighted by atomic mass is 16.3. The van der Waals surface area contributed by atoms with Crippen LogP contribution in [0.4, 0.5) is 0 Å². The van der Waals surface area contributed by atoms with Crippen LogP contribution in [0.2, 0.25) is 0 Å². The maximum Gasteiger partial charge on any atom is 0.236 e. The molecule has 0 saturated heterocycles. The minimum absolute atomic E-state index is 0.145. The number of fused-ring (bicyclic) bond motifs is 1. The zero-order chi connectivity index (χ0) is 14.0. The number of rotatable bonds is 4. The summed E-state index contributed by atoms with van der Waals surface area (Å²) >= 11 is 0. The molecular formula is C14H19N3O2. The number of carbonyl (C=O) groups excluding carboxylic acids is 1. The van der Waals surface area contributed by atoms with Gasteiger partial charge in [-0.1, -0.05) is 19.9 Å². The van der Waals surface area contributed by atoms with E-state index in [2.05, 4.69) is 24.1 Å². The molecule has 0 bridgehead atoms. The molecule has 1 amide bonds. The number of nitrogens with zero attached hydrogens (tertiary/aromatic N) is 1. The third-order valence-electron chi connectivity index (χ3n) is 3.23. The van der Waals surface area contributed by atoms with Crippen molar-refractivity contribution in [2.24, 2.45) is 5.73 Å². The lowest BCUT2D eigenvalue weighted by molar-refractivity contribution is -0.122. The van der Waals surface area contributed by atoms with E-state index in [0.717, 1.165) is 16.7 Å². The third kappa shape index (κ3) is 2.93. The van der Waals surface area contributed by atoms with E-state index in [1.807, 2.05) is 18.2 Å². The Kier molecular flexibility index (Phi) is 3.57. The predicted molar refractivity (Wildman–Crippen MR) is 73.7 cm³/mol. The zero-order valence-electron chi connectivity index (χ0n) is 11.4. The van der Waals surface area contributed by atoms with Gasteiger partial charge in [-0.3, -0.25) is 4.79 Å². The molecule has 3 N–H and O–H groups in total. The number of hydrogen-bond donors (Lipinski definition) is 2. The van der Waals surface area contributed by atoms with Gasteiger partial charge < -0.3 is 15.5 Å². The summed E-state index contributed by atoms with van der Waals surface area (Å²) in [6.07, 6.45) is 1.43. The van der Waals surface area contributed by atoms with Crippen LogP contribution in [-0.2, 0) is 10.2 Å². The van der Waals surface area contributed by atoms with Crippen molar-refractivity contribution in [3.63, 3.8) is 0 Å². The molecule has 2 aromatic rings. The number of carbonyl (C=O) groups is 1. The number of nitrogens with two attached hydrogens (primary N) is 1. The third-order valence-corrected chi connectivity index (χ3v) is 3.23. The largest absolute Gasteiger partial charge is 0.443 e. The summed E-state index contributed by atoms with van der Waals surface area (Å²) in [5.74, 6) is -0.145. The van der Waals surface area contributed by atoms with Gasteiger partial charge in [0.15, 0.2) is 12.0 Å². The van der Waals surface area contributed by atoms with E-state index in [0.29, 0.717) is 6.54 Å². The molecule has 1 aromatic heterocycles. The Balaban J connectivity index is 2.15. The van der Waals surface area contributed by atoms with Crippen LogP contribution in [0.25, 0.3) is 11.1 Å². The quantitative estimate of drug-likeness (QED) is 0.875. The van der Waals surface area contributed by atoms with Gasteiger partial charge in [-0.2, -0.15) is 0 Å². The lowest BCUT2D eigenvalue weighted by atomic mass is 9.84. The highest BCUT2D eigenvalue weighted by molar-refractivity contribution is 5.81. The number of aromatic nitrogens is 1. The molecule has 0 aliphatic heterocycles. The molecule has 1 atom stereocenters. The fourth-order valence-corrected chi connectivity index (χ4v) is 1.85. The molecule has 0 saturated carbocycles. The lowest BCUT2D eigenvalue weighted by Gasteiger charge is -2.26. The number of hydrogen-bond acceptors (Lipinski definition) is 4. The van der Waals surface area contributed by atoms with Gasteiger partial charge in [-0.15, -0.1) is 0 Å². The predicted octanol–water partition coefficient (Wildman–Crippen LogP) is 1.57. The number of benzene rings is 1. The van der Waals surface area contributed by atoms with Crippen LogP contribution in [0.15, 0.2) is 29.0 Å². The van der Waals surface area contributed by atoms with Gasteiger partial charge in [0, 0.05) is 12.0 Å². The fraction of sp³-hybridized carbons (Fsp3) is 0.429. The second kappa shape index (κ2) is 5.01. The molecular weight excluding hydrogens is 242 g/mol. The Bertz CT molecular complexity index is 587. The maximum absolute atomic E-state index is 11.5. The van der Waals surface area contributed by atoms with E-state index in [-0.39, 0.29) is 11.3 Å². The maximum atomic E-state index is 11.5. The van der Waals surface area contributed by atoms with Crippen LogP contribution in [0.5, 0.6) is 0 Å². The van der Waals surface area contributed by atoms with Gasteiger partial charge in [-0.05, 0) is 24.6 Å². The van der Waals surface area contributed by atoms with Crippen LogP contribution in [0, 0.1) is 0 Å². The molecule has 102 valence electrons.